The summed E-state index contributed by atoms with van der Waals surface area (Å²) in [5, 5.41) is 7.15. The van der Waals surface area contributed by atoms with Crippen LogP contribution in [0.2, 0.25) is 0 Å². The monoisotopic (exact) mass is 509 g/mol. The second-order valence-corrected chi connectivity index (χ2v) is 9.75. The standard InChI is InChI=1S/C30H31N5OS/c1-20-21(2)35(24-14-8-5-9-15-24)22(3)27(20)29-28(25-16-10-11-18-31-25)33-30(37)34(29)19-17-26(36)32-23-12-6-4-7-13-23/h4-16,18,28-29H,17,19H2,1-3H3,(H,32,36)(H,33,37)/t28-,29-/m1/s1. The Balaban J connectivity index is 1.51. The molecule has 4 aromatic rings. The van der Waals surface area contributed by atoms with Gasteiger partial charge in [-0.1, -0.05) is 42.5 Å². The van der Waals surface area contributed by atoms with Crippen molar-refractivity contribution in [3.05, 3.63) is 113 Å². The van der Waals surface area contributed by atoms with E-state index in [0.29, 0.717) is 18.1 Å². The molecule has 0 aliphatic carbocycles. The number of anilines is 1. The van der Waals surface area contributed by atoms with Gasteiger partial charge < -0.3 is 20.1 Å². The van der Waals surface area contributed by atoms with Crippen LogP contribution < -0.4 is 10.6 Å². The van der Waals surface area contributed by atoms with Gasteiger partial charge in [0.2, 0.25) is 5.91 Å². The molecule has 2 aromatic carbocycles. The number of nitrogens with zero attached hydrogens (tertiary/aromatic N) is 3. The summed E-state index contributed by atoms with van der Waals surface area (Å²) in [7, 11) is 0. The molecule has 7 heteroatoms. The minimum absolute atomic E-state index is 0.0412. The average molecular weight is 510 g/mol. The van der Waals surface area contributed by atoms with Gasteiger partial charge in [0.1, 0.15) is 0 Å². The van der Waals surface area contributed by atoms with Crippen molar-refractivity contribution in [3.8, 4) is 5.69 Å². The molecule has 6 nitrogen and oxygen atoms in total. The van der Waals surface area contributed by atoms with Crippen molar-refractivity contribution in [1.29, 1.82) is 0 Å². The summed E-state index contributed by atoms with van der Waals surface area (Å²) in [5.74, 6) is -0.0412. The zero-order chi connectivity index (χ0) is 25.9. The van der Waals surface area contributed by atoms with Crippen LogP contribution in [0.1, 0.15) is 46.7 Å². The molecule has 1 amide bonds. The van der Waals surface area contributed by atoms with E-state index in [1.54, 1.807) is 0 Å². The molecule has 188 valence electrons. The summed E-state index contributed by atoms with van der Waals surface area (Å²) in [5.41, 5.74) is 7.64. The molecule has 1 aliphatic rings. The maximum Gasteiger partial charge on any atom is 0.226 e. The molecular weight excluding hydrogens is 478 g/mol. The Morgan fingerprint density at radius 1 is 0.946 bits per heavy atom. The molecule has 2 aromatic heterocycles. The lowest BCUT2D eigenvalue weighted by Gasteiger charge is -2.29. The Hall–Kier alpha value is -3.97. The first kappa shape index (κ1) is 24.7. The van der Waals surface area contributed by atoms with E-state index in [2.05, 4.69) is 70.1 Å². The van der Waals surface area contributed by atoms with Gasteiger partial charge >= 0.3 is 0 Å². The number of nitrogens with one attached hydrogen (secondary N) is 2. The lowest BCUT2D eigenvalue weighted by molar-refractivity contribution is -0.116. The number of carbonyl (C=O) groups excluding carboxylic acids is 1. The number of rotatable bonds is 7. The van der Waals surface area contributed by atoms with Crippen molar-refractivity contribution in [3.63, 3.8) is 0 Å². The first-order valence-electron chi connectivity index (χ1n) is 12.5. The summed E-state index contributed by atoms with van der Waals surface area (Å²) in [6, 6.07) is 25.7. The molecule has 3 heterocycles. The molecule has 0 bridgehead atoms. The van der Waals surface area contributed by atoms with Crippen LogP contribution in [-0.4, -0.2) is 32.0 Å². The van der Waals surface area contributed by atoms with Crippen molar-refractivity contribution < 1.29 is 4.79 Å². The van der Waals surface area contributed by atoms with Crippen molar-refractivity contribution in [1.82, 2.24) is 19.8 Å². The summed E-state index contributed by atoms with van der Waals surface area (Å²) < 4.78 is 2.31. The zero-order valence-corrected chi connectivity index (χ0v) is 22.1. The second kappa shape index (κ2) is 10.6. The Kier molecular flexibility index (Phi) is 7.06. The molecule has 37 heavy (non-hydrogen) atoms. The van der Waals surface area contributed by atoms with Crippen LogP contribution in [0.25, 0.3) is 5.69 Å². The smallest absolute Gasteiger partial charge is 0.226 e. The second-order valence-electron chi connectivity index (χ2n) is 9.36. The van der Waals surface area contributed by atoms with Crippen LogP contribution in [0, 0.1) is 20.8 Å². The Labute approximate surface area is 223 Å². The average Bonchev–Trinajstić information content (AvgIpc) is 3.35. The fraction of sp³-hybridized carbons (Fsp3) is 0.233. The van der Waals surface area contributed by atoms with Gasteiger partial charge in [-0.05, 0) is 75.0 Å². The molecule has 2 N–H and O–H groups in total. The van der Waals surface area contributed by atoms with Crippen LogP contribution in [-0.2, 0) is 4.79 Å². The van der Waals surface area contributed by atoms with E-state index in [1.807, 2.05) is 60.8 Å². The fourth-order valence-electron chi connectivity index (χ4n) is 5.33. The van der Waals surface area contributed by atoms with Gasteiger partial charge in [-0.2, -0.15) is 0 Å². The topological polar surface area (TPSA) is 62.2 Å². The van der Waals surface area contributed by atoms with Crippen molar-refractivity contribution in [2.24, 2.45) is 0 Å². The quantitative estimate of drug-likeness (QED) is 0.309. The highest BCUT2D eigenvalue weighted by atomic mass is 32.1. The summed E-state index contributed by atoms with van der Waals surface area (Å²) in [6.07, 6.45) is 2.13. The van der Waals surface area contributed by atoms with E-state index < -0.39 is 0 Å². The first-order chi connectivity index (χ1) is 18.0. The van der Waals surface area contributed by atoms with E-state index in [4.69, 9.17) is 12.2 Å². The molecule has 2 atom stereocenters. The van der Waals surface area contributed by atoms with Crippen molar-refractivity contribution in [2.45, 2.75) is 39.3 Å². The van der Waals surface area contributed by atoms with Crippen LogP contribution in [0.3, 0.4) is 0 Å². The largest absolute Gasteiger partial charge is 0.352 e. The molecule has 0 unspecified atom stereocenters. The normalized spacial score (nSPS) is 17.1. The number of hydrogen-bond donors (Lipinski definition) is 2. The van der Waals surface area contributed by atoms with Crippen LogP contribution in [0.15, 0.2) is 85.1 Å². The minimum atomic E-state index is -0.130. The number of para-hydroxylation sites is 2. The number of benzene rings is 2. The number of pyridine rings is 1. The van der Waals surface area contributed by atoms with Gasteiger partial charge in [0.15, 0.2) is 5.11 Å². The van der Waals surface area contributed by atoms with E-state index in [9.17, 15) is 4.79 Å². The predicted molar refractivity (Wildman–Crippen MR) is 152 cm³/mol. The third-order valence-electron chi connectivity index (χ3n) is 7.15. The molecule has 1 aliphatic heterocycles. The van der Waals surface area contributed by atoms with Gasteiger partial charge in [0, 0.05) is 47.5 Å². The van der Waals surface area contributed by atoms with Gasteiger partial charge in [0.25, 0.3) is 0 Å². The maximum atomic E-state index is 12.8. The molecule has 1 fully saturated rings. The number of thiocarbonyl (C=S) groups is 1. The fourth-order valence-corrected chi connectivity index (χ4v) is 5.66. The Morgan fingerprint density at radius 3 is 2.30 bits per heavy atom. The van der Waals surface area contributed by atoms with E-state index in [1.165, 1.54) is 16.8 Å². The molecule has 0 radical (unpaired) electrons. The first-order valence-corrected chi connectivity index (χ1v) is 12.9. The highest BCUT2D eigenvalue weighted by Crippen LogP contribution is 2.43. The molecule has 0 spiro atoms. The zero-order valence-electron chi connectivity index (χ0n) is 21.3. The third-order valence-corrected chi connectivity index (χ3v) is 7.50. The van der Waals surface area contributed by atoms with Crippen molar-refractivity contribution in [2.75, 3.05) is 11.9 Å². The van der Waals surface area contributed by atoms with Gasteiger partial charge in [-0.25, -0.2) is 0 Å². The van der Waals surface area contributed by atoms with Crippen molar-refractivity contribution >= 4 is 28.9 Å². The van der Waals surface area contributed by atoms with Crippen LogP contribution in [0.5, 0.6) is 0 Å². The number of amides is 1. The highest BCUT2D eigenvalue weighted by molar-refractivity contribution is 7.80. The van der Waals surface area contributed by atoms with Crippen LogP contribution in [0.4, 0.5) is 5.69 Å². The van der Waals surface area contributed by atoms with Gasteiger partial charge in [0.05, 0.1) is 17.8 Å². The Morgan fingerprint density at radius 2 is 1.62 bits per heavy atom. The van der Waals surface area contributed by atoms with E-state index >= 15 is 0 Å². The SMILES string of the molecule is Cc1c([C@@H]2[C@@H](c3ccccn3)NC(=S)N2CCC(=O)Nc2ccccc2)c(C)n(-c2ccccc2)c1C. The highest BCUT2D eigenvalue weighted by Gasteiger charge is 2.42. The van der Waals surface area contributed by atoms with Crippen LogP contribution >= 0.6 is 12.2 Å². The van der Waals surface area contributed by atoms with Gasteiger partial charge in [-0.15, -0.1) is 0 Å². The van der Waals surface area contributed by atoms with Gasteiger partial charge in [-0.3, -0.25) is 9.78 Å². The van der Waals surface area contributed by atoms with E-state index in [-0.39, 0.29) is 18.0 Å². The molecule has 5 rings (SSSR count). The molecule has 0 saturated carbocycles. The number of aromatic nitrogens is 2. The van der Waals surface area contributed by atoms with E-state index in [0.717, 1.165) is 22.8 Å². The minimum Gasteiger partial charge on any atom is -0.352 e. The number of hydrogen-bond acceptors (Lipinski definition) is 3. The third kappa shape index (κ3) is 4.87. The predicted octanol–water partition coefficient (Wildman–Crippen LogP) is 5.80. The summed E-state index contributed by atoms with van der Waals surface area (Å²) in [6.45, 7) is 6.99. The lowest BCUT2D eigenvalue weighted by atomic mass is 9.93. The molecular formula is C30H31N5OS. The summed E-state index contributed by atoms with van der Waals surface area (Å²) in [4.78, 5) is 19.7. The maximum absolute atomic E-state index is 12.8. The number of carbonyl (C=O) groups is 1. The lowest BCUT2D eigenvalue weighted by Crippen LogP contribution is -2.33. The molecule has 1 saturated heterocycles. The Bertz CT molecular complexity index is 1400. The summed E-state index contributed by atoms with van der Waals surface area (Å²) >= 11 is 5.84.